The molecule has 0 atom stereocenters. The number of hydrogen-bond donors (Lipinski definition) is 0. The maximum Gasteiger partial charge on any atom is 0.339 e. The highest BCUT2D eigenvalue weighted by Crippen LogP contribution is 2.38. The smallest absolute Gasteiger partial charge is 0.339 e. The molecule has 0 saturated carbocycles. The maximum absolute atomic E-state index is 12.5. The van der Waals surface area contributed by atoms with Crippen LogP contribution in [0.25, 0.3) is 10.8 Å². The van der Waals surface area contributed by atoms with Crippen molar-refractivity contribution in [1.82, 2.24) is 0 Å². The lowest BCUT2D eigenvalue weighted by atomic mass is 10.0. The van der Waals surface area contributed by atoms with E-state index in [9.17, 15) is 4.79 Å². The third-order valence-electron chi connectivity index (χ3n) is 4.04. The first kappa shape index (κ1) is 15.8. The van der Waals surface area contributed by atoms with Crippen molar-refractivity contribution in [2.45, 2.75) is 6.61 Å². The lowest BCUT2D eigenvalue weighted by Crippen LogP contribution is -2.16. The summed E-state index contributed by atoms with van der Waals surface area (Å²) in [6.07, 6.45) is 0. The Hall–Kier alpha value is -2.72. The first-order valence-electron chi connectivity index (χ1n) is 7.95. The Labute approximate surface area is 149 Å². The molecule has 4 rings (SSSR count). The highest BCUT2D eigenvalue weighted by Gasteiger charge is 2.18. The van der Waals surface area contributed by atoms with Gasteiger partial charge in [0.05, 0.1) is 10.6 Å². The molecule has 3 aromatic carbocycles. The van der Waals surface area contributed by atoms with E-state index >= 15 is 0 Å². The summed E-state index contributed by atoms with van der Waals surface area (Å²) in [6, 6.07) is 16.8. The first-order valence-corrected chi connectivity index (χ1v) is 8.33. The predicted octanol–water partition coefficient (Wildman–Crippen LogP) is 4.62. The van der Waals surface area contributed by atoms with E-state index in [1.807, 2.05) is 36.4 Å². The Balaban J connectivity index is 1.55. The third kappa shape index (κ3) is 3.13. The van der Waals surface area contributed by atoms with Crippen LogP contribution in [-0.2, 0) is 11.3 Å². The molecule has 0 aromatic heterocycles. The largest absolute Gasteiger partial charge is 0.486 e. The minimum Gasteiger partial charge on any atom is -0.486 e. The summed E-state index contributed by atoms with van der Waals surface area (Å²) in [4.78, 5) is 12.5. The molecule has 0 bridgehead atoms. The molecule has 0 amide bonds. The highest BCUT2D eigenvalue weighted by atomic mass is 35.5. The molecule has 25 heavy (non-hydrogen) atoms. The lowest BCUT2D eigenvalue weighted by Gasteiger charge is -2.20. The molecule has 1 aliphatic rings. The number of carbonyl (C=O) groups excluding carboxylic acids is 1. The number of fused-ring (bicyclic) bond motifs is 2. The summed E-state index contributed by atoms with van der Waals surface area (Å²) >= 11 is 6.21. The average Bonchev–Trinajstić information content (AvgIpc) is 2.66. The van der Waals surface area contributed by atoms with Crippen LogP contribution in [0, 0.1) is 0 Å². The number of halogens is 1. The van der Waals surface area contributed by atoms with Gasteiger partial charge in [0.2, 0.25) is 0 Å². The summed E-state index contributed by atoms with van der Waals surface area (Å²) in [5.41, 5.74) is 1.30. The fourth-order valence-electron chi connectivity index (χ4n) is 2.88. The van der Waals surface area contributed by atoms with Crippen molar-refractivity contribution in [2.24, 2.45) is 0 Å². The highest BCUT2D eigenvalue weighted by molar-refractivity contribution is 6.32. The van der Waals surface area contributed by atoms with Gasteiger partial charge in [-0.15, -0.1) is 0 Å². The van der Waals surface area contributed by atoms with Crippen molar-refractivity contribution in [2.75, 3.05) is 13.2 Å². The second-order valence-electron chi connectivity index (χ2n) is 5.70. The van der Waals surface area contributed by atoms with E-state index in [-0.39, 0.29) is 12.6 Å². The second kappa shape index (κ2) is 6.65. The number of ether oxygens (including phenoxy) is 3. The minimum atomic E-state index is -0.372. The van der Waals surface area contributed by atoms with E-state index in [4.69, 9.17) is 25.8 Å². The number of carbonyl (C=O) groups is 1. The monoisotopic (exact) mass is 354 g/mol. The van der Waals surface area contributed by atoms with E-state index in [1.54, 1.807) is 18.2 Å². The Bertz CT molecular complexity index is 946. The van der Waals surface area contributed by atoms with E-state index in [0.717, 1.165) is 16.3 Å². The molecular formula is C20H15ClO4. The summed E-state index contributed by atoms with van der Waals surface area (Å²) in [7, 11) is 0. The van der Waals surface area contributed by atoms with Gasteiger partial charge in [0.15, 0.2) is 11.5 Å². The maximum atomic E-state index is 12.5. The molecule has 0 unspecified atom stereocenters. The van der Waals surface area contributed by atoms with Gasteiger partial charge < -0.3 is 14.2 Å². The van der Waals surface area contributed by atoms with Crippen LogP contribution in [0.1, 0.15) is 15.9 Å². The van der Waals surface area contributed by atoms with Crippen LogP contribution in [0.5, 0.6) is 11.5 Å². The number of hydrogen-bond acceptors (Lipinski definition) is 4. The van der Waals surface area contributed by atoms with E-state index < -0.39 is 0 Å². The van der Waals surface area contributed by atoms with Crippen LogP contribution in [0.4, 0.5) is 0 Å². The quantitative estimate of drug-likeness (QED) is 0.644. The number of benzene rings is 3. The SMILES string of the molecule is O=C(OCc1cc(Cl)c2c(c1)OCCO2)c1cccc2ccccc12. The summed E-state index contributed by atoms with van der Waals surface area (Å²) < 4.78 is 16.5. The van der Waals surface area contributed by atoms with Gasteiger partial charge in [-0.2, -0.15) is 0 Å². The van der Waals surface area contributed by atoms with Crippen molar-refractivity contribution in [1.29, 1.82) is 0 Å². The molecule has 1 aliphatic heterocycles. The van der Waals surface area contributed by atoms with E-state index in [1.165, 1.54) is 0 Å². The average molecular weight is 355 g/mol. The fourth-order valence-corrected chi connectivity index (χ4v) is 3.17. The Kier molecular flexibility index (Phi) is 4.20. The molecule has 126 valence electrons. The topological polar surface area (TPSA) is 44.8 Å². The van der Waals surface area contributed by atoms with Crippen molar-refractivity contribution in [3.63, 3.8) is 0 Å². The molecule has 5 heteroatoms. The predicted molar refractivity (Wildman–Crippen MR) is 95.5 cm³/mol. The molecule has 0 N–H and O–H groups in total. The molecular weight excluding hydrogens is 340 g/mol. The van der Waals surface area contributed by atoms with Gasteiger partial charge in [0.25, 0.3) is 0 Å². The molecule has 0 radical (unpaired) electrons. The van der Waals surface area contributed by atoms with Crippen LogP contribution >= 0.6 is 11.6 Å². The summed E-state index contributed by atoms with van der Waals surface area (Å²) in [5, 5.41) is 2.32. The van der Waals surface area contributed by atoms with Gasteiger partial charge in [-0.1, -0.05) is 48.0 Å². The summed E-state index contributed by atoms with van der Waals surface area (Å²) in [6.45, 7) is 1.06. The zero-order valence-electron chi connectivity index (χ0n) is 13.3. The van der Waals surface area contributed by atoms with Crippen LogP contribution in [0.3, 0.4) is 0 Å². The van der Waals surface area contributed by atoms with Gasteiger partial charge >= 0.3 is 5.97 Å². The fraction of sp³-hybridized carbons (Fsp3) is 0.150. The van der Waals surface area contributed by atoms with Gasteiger partial charge in [0.1, 0.15) is 19.8 Å². The minimum absolute atomic E-state index is 0.110. The summed E-state index contributed by atoms with van der Waals surface area (Å²) in [5.74, 6) is 0.745. The molecule has 0 aliphatic carbocycles. The molecule has 1 heterocycles. The molecule has 3 aromatic rings. The Morgan fingerprint density at radius 1 is 1.04 bits per heavy atom. The van der Waals surface area contributed by atoms with Crippen molar-refractivity contribution < 1.29 is 19.0 Å². The number of rotatable bonds is 3. The Morgan fingerprint density at radius 3 is 2.76 bits per heavy atom. The van der Waals surface area contributed by atoms with Gasteiger partial charge in [-0.3, -0.25) is 0 Å². The molecule has 0 spiro atoms. The van der Waals surface area contributed by atoms with Crippen molar-refractivity contribution >= 4 is 28.3 Å². The number of esters is 1. The van der Waals surface area contributed by atoms with E-state index in [0.29, 0.717) is 35.3 Å². The zero-order valence-corrected chi connectivity index (χ0v) is 14.1. The van der Waals surface area contributed by atoms with Crippen LogP contribution in [0.2, 0.25) is 5.02 Å². The van der Waals surface area contributed by atoms with Crippen molar-refractivity contribution in [3.05, 3.63) is 70.7 Å². The van der Waals surface area contributed by atoms with Crippen LogP contribution in [0.15, 0.2) is 54.6 Å². The van der Waals surface area contributed by atoms with Gasteiger partial charge in [-0.05, 0) is 34.5 Å². The third-order valence-corrected chi connectivity index (χ3v) is 4.32. The molecule has 0 fully saturated rings. The molecule has 4 nitrogen and oxygen atoms in total. The first-order chi connectivity index (χ1) is 12.2. The normalized spacial score (nSPS) is 12.8. The van der Waals surface area contributed by atoms with Crippen LogP contribution < -0.4 is 9.47 Å². The van der Waals surface area contributed by atoms with Gasteiger partial charge in [-0.25, -0.2) is 4.79 Å². The Morgan fingerprint density at radius 2 is 1.84 bits per heavy atom. The van der Waals surface area contributed by atoms with Crippen LogP contribution in [-0.4, -0.2) is 19.2 Å². The standard InChI is InChI=1S/C20H15ClO4/c21-17-10-13(11-18-19(17)24-9-8-23-18)12-25-20(22)16-7-3-5-14-4-1-2-6-15(14)16/h1-7,10-11H,8-9,12H2. The van der Waals surface area contributed by atoms with Crippen molar-refractivity contribution in [3.8, 4) is 11.5 Å². The van der Waals surface area contributed by atoms with E-state index in [2.05, 4.69) is 0 Å². The molecule has 0 saturated heterocycles. The van der Waals surface area contributed by atoms with Gasteiger partial charge in [0, 0.05) is 0 Å². The zero-order chi connectivity index (χ0) is 17.2. The second-order valence-corrected chi connectivity index (χ2v) is 6.11. The lowest BCUT2D eigenvalue weighted by molar-refractivity contribution is 0.0474.